The molecule has 33 heavy (non-hydrogen) atoms. The van der Waals surface area contributed by atoms with Crippen LogP contribution in [0.15, 0.2) is 65.7 Å². The van der Waals surface area contributed by atoms with E-state index in [-0.39, 0.29) is 11.5 Å². The Morgan fingerprint density at radius 3 is 2.58 bits per heavy atom. The SMILES string of the molecule is COc1ccc(CCNC(=O)C(C)n2cnc3sc(-c4ccccc4)cc3c2=O)cc1OC. The van der Waals surface area contributed by atoms with Gasteiger partial charge in [-0.15, -0.1) is 11.3 Å². The van der Waals surface area contributed by atoms with Gasteiger partial charge < -0.3 is 14.8 Å². The molecule has 4 rings (SSSR count). The predicted molar refractivity (Wildman–Crippen MR) is 130 cm³/mol. The molecule has 0 saturated carbocycles. The van der Waals surface area contributed by atoms with Crippen molar-refractivity contribution in [3.63, 3.8) is 0 Å². The quantitative estimate of drug-likeness (QED) is 0.426. The summed E-state index contributed by atoms with van der Waals surface area (Å²) in [5.74, 6) is 1.06. The Kier molecular flexibility index (Phi) is 6.74. The highest BCUT2D eigenvalue weighted by Crippen LogP contribution is 2.31. The molecular formula is C25H25N3O4S. The third kappa shape index (κ3) is 4.75. The third-order valence-electron chi connectivity index (χ3n) is 5.49. The number of nitrogens with one attached hydrogen (secondary N) is 1. The number of nitrogens with zero attached hydrogens (tertiary/aromatic N) is 2. The van der Waals surface area contributed by atoms with E-state index in [9.17, 15) is 9.59 Å². The Labute approximate surface area is 195 Å². The molecule has 4 aromatic rings. The van der Waals surface area contributed by atoms with Crippen LogP contribution < -0.4 is 20.3 Å². The van der Waals surface area contributed by atoms with Gasteiger partial charge in [0, 0.05) is 11.4 Å². The van der Waals surface area contributed by atoms with Gasteiger partial charge in [0.2, 0.25) is 5.91 Å². The maximum Gasteiger partial charge on any atom is 0.262 e. The van der Waals surface area contributed by atoms with Crippen LogP contribution in [0.4, 0.5) is 0 Å². The van der Waals surface area contributed by atoms with Gasteiger partial charge in [-0.05, 0) is 42.7 Å². The molecule has 170 valence electrons. The molecule has 1 atom stereocenters. The van der Waals surface area contributed by atoms with Crippen molar-refractivity contribution in [2.45, 2.75) is 19.4 Å². The first kappa shape index (κ1) is 22.5. The number of aromatic nitrogens is 2. The van der Waals surface area contributed by atoms with Gasteiger partial charge in [0.25, 0.3) is 5.56 Å². The lowest BCUT2D eigenvalue weighted by atomic mass is 10.1. The van der Waals surface area contributed by atoms with Crippen LogP contribution in [-0.4, -0.2) is 36.2 Å². The molecule has 0 radical (unpaired) electrons. The van der Waals surface area contributed by atoms with Crippen molar-refractivity contribution in [1.82, 2.24) is 14.9 Å². The second-order valence-electron chi connectivity index (χ2n) is 7.56. The topological polar surface area (TPSA) is 82.5 Å². The van der Waals surface area contributed by atoms with Crippen molar-refractivity contribution >= 4 is 27.5 Å². The first-order valence-corrected chi connectivity index (χ1v) is 11.4. The first-order chi connectivity index (χ1) is 16.0. The van der Waals surface area contributed by atoms with Gasteiger partial charge in [-0.25, -0.2) is 4.98 Å². The molecule has 0 aliphatic rings. The maximum absolute atomic E-state index is 13.1. The number of carbonyl (C=O) groups excluding carboxylic acids is 1. The number of hydrogen-bond acceptors (Lipinski definition) is 6. The highest BCUT2D eigenvalue weighted by molar-refractivity contribution is 7.21. The molecule has 0 aliphatic carbocycles. The Hall–Kier alpha value is -3.65. The van der Waals surface area contributed by atoms with Crippen molar-refractivity contribution in [3.05, 3.63) is 76.8 Å². The lowest BCUT2D eigenvalue weighted by Crippen LogP contribution is -2.36. The molecule has 7 nitrogen and oxygen atoms in total. The fourth-order valence-electron chi connectivity index (χ4n) is 3.60. The lowest BCUT2D eigenvalue weighted by Gasteiger charge is -2.15. The largest absolute Gasteiger partial charge is 0.493 e. The van der Waals surface area contributed by atoms with Gasteiger partial charge in [0.1, 0.15) is 10.9 Å². The summed E-state index contributed by atoms with van der Waals surface area (Å²) in [6, 6.07) is 16.7. The van der Waals surface area contributed by atoms with Gasteiger partial charge >= 0.3 is 0 Å². The maximum atomic E-state index is 13.1. The van der Waals surface area contributed by atoms with Crippen molar-refractivity contribution in [3.8, 4) is 21.9 Å². The fourth-order valence-corrected chi connectivity index (χ4v) is 4.59. The van der Waals surface area contributed by atoms with Crippen LogP contribution in [0.5, 0.6) is 11.5 Å². The summed E-state index contributed by atoms with van der Waals surface area (Å²) in [7, 11) is 3.18. The molecule has 0 aliphatic heterocycles. The third-order valence-corrected chi connectivity index (χ3v) is 6.58. The zero-order valence-electron chi connectivity index (χ0n) is 18.7. The molecule has 1 unspecified atom stereocenters. The van der Waals surface area contributed by atoms with E-state index in [1.165, 1.54) is 22.2 Å². The zero-order chi connectivity index (χ0) is 23.4. The zero-order valence-corrected chi connectivity index (χ0v) is 19.5. The molecule has 2 aromatic carbocycles. The highest BCUT2D eigenvalue weighted by Gasteiger charge is 2.19. The summed E-state index contributed by atoms with van der Waals surface area (Å²) in [5, 5.41) is 3.43. The second kappa shape index (κ2) is 9.87. The smallest absolute Gasteiger partial charge is 0.262 e. The van der Waals surface area contributed by atoms with Crippen LogP contribution in [0.25, 0.3) is 20.7 Å². The van der Waals surface area contributed by atoms with E-state index in [1.807, 2.05) is 54.6 Å². The molecule has 1 amide bonds. The second-order valence-corrected chi connectivity index (χ2v) is 8.59. The van der Waals surface area contributed by atoms with Crippen LogP contribution in [0.2, 0.25) is 0 Å². The van der Waals surface area contributed by atoms with Crippen LogP contribution in [0, 0.1) is 0 Å². The van der Waals surface area contributed by atoms with Crippen LogP contribution in [-0.2, 0) is 11.2 Å². The van der Waals surface area contributed by atoms with Crippen molar-refractivity contribution in [2.24, 2.45) is 0 Å². The summed E-state index contributed by atoms with van der Waals surface area (Å²) < 4.78 is 12.0. The number of fused-ring (bicyclic) bond motifs is 1. The number of amides is 1. The average Bonchev–Trinajstić information content (AvgIpc) is 3.29. The number of thiophene rings is 1. The van der Waals surface area contributed by atoms with Crippen molar-refractivity contribution in [1.29, 1.82) is 0 Å². The summed E-state index contributed by atoms with van der Waals surface area (Å²) in [4.78, 5) is 31.9. The van der Waals surface area contributed by atoms with Gasteiger partial charge in [0.05, 0.1) is 25.9 Å². The van der Waals surface area contributed by atoms with Gasteiger partial charge in [-0.1, -0.05) is 36.4 Å². The Bertz CT molecular complexity index is 1330. The number of ether oxygens (including phenoxy) is 2. The molecule has 2 heterocycles. The minimum absolute atomic E-state index is 0.221. The minimum Gasteiger partial charge on any atom is -0.493 e. The van der Waals surface area contributed by atoms with E-state index >= 15 is 0 Å². The van der Waals surface area contributed by atoms with E-state index in [0.717, 1.165) is 16.0 Å². The number of hydrogen-bond donors (Lipinski definition) is 1. The lowest BCUT2D eigenvalue weighted by molar-refractivity contribution is -0.123. The van der Waals surface area contributed by atoms with Crippen LogP contribution in [0.3, 0.4) is 0 Å². The fraction of sp³-hybridized carbons (Fsp3) is 0.240. The van der Waals surface area contributed by atoms with Gasteiger partial charge in [0.15, 0.2) is 11.5 Å². The van der Waals surface area contributed by atoms with Gasteiger partial charge in [-0.2, -0.15) is 0 Å². The number of methoxy groups -OCH3 is 2. The molecule has 1 N–H and O–H groups in total. The Morgan fingerprint density at radius 1 is 1.09 bits per heavy atom. The Balaban J connectivity index is 1.45. The van der Waals surface area contributed by atoms with Crippen LogP contribution in [0.1, 0.15) is 18.5 Å². The number of benzene rings is 2. The highest BCUT2D eigenvalue weighted by atomic mass is 32.1. The summed E-state index contributed by atoms with van der Waals surface area (Å²) >= 11 is 1.47. The molecule has 0 spiro atoms. The molecule has 0 fully saturated rings. The van der Waals surface area contributed by atoms with Gasteiger partial charge in [-0.3, -0.25) is 14.2 Å². The molecule has 8 heteroatoms. The van der Waals surface area contributed by atoms with E-state index < -0.39 is 6.04 Å². The molecule has 2 aromatic heterocycles. The molecule has 0 bridgehead atoms. The minimum atomic E-state index is -0.681. The number of rotatable bonds is 8. The monoisotopic (exact) mass is 463 g/mol. The standard InChI is InChI=1S/C25H25N3O4S/c1-16(23(29)26-12-11-17-9-10-20(31-2)21(13-17)32-3)28-15-27-24-19(25(28)30)14-22(33-24)18-7-5-4-6-8-18/h4-10,13-16H,11-12H2,1-3H3,(H,26,29). The van der Waals surface area contributed by atoms with E-state index in [2.05, 4.69) is 10.3 Å². The summed E-state index contributed by atoms with van der Waals surface area (Å²) in [6.45, 7) is 2.13. The first-order valence-electron chi connectivity index (χ1n) is 10.6. The summed E-state index contributed by atoms with van der Waals surface area (Å²) in [5.41, 5.74) is 1.82. The normalized spacial score (nSPS) is 11.8. The van der Waals surface area contributed by atoms with E-state index in [0.29, 0.717) is 34.7 Å². The average molecular weight is 464 g/mol. The van der Waals surface area contributed by atoms with Crippen LogP contribution >= 0.6 is 11.3 Å². The molecule has 0 saturated heterocycles. The van der Waals surface area contributed by atoms with E-state index in [4.69, 9.17) is 9.47 Å². The Morgan fingerprint density at radius 2 is 1.85 bits per heavy atom. The van der Waals surface area contributed by atoms with Crippen molar-refractivity contribution in [2.75, 3.05) is 20.8 Å². The summed E-state index contributed by atoms with van der Waals surface area (Å²) in [6.07, 6.45) is 2.07. The molecular weight excluding hydrogens is 438 g/mol. The number of carbonyl (C=O) groups is 1. The predicted octanol–water partition coefficient (Wildman–Crippen LogP) is 4.06. The van der Waals surface area contributed by atoms with E-state index in [1.54, 1.807) is 21.1 Å². The van der Waals surface area contributed by atoms with Crippen molar-refractivity contribution < 1.29 is 14.3 Å².